The van der Waals surface area contributed by atoms with Gasteiger partial charge in [-0.15, -0.1) is 0 Å². The van der Waals surface area contributed by atoms with Crippen LogP contribution in [0.4, 0.5) is 4.79 Å². The number of pyridine rings is 1. The molecular formula is C14H22N4O2. The van der Waals surface area contributed by atoms with Crippen LogP contribution in [-0.2, 0) is 4.79 Å². The molecule has 0 unspecified atom stereocenters. The van der Waals surface area contributed by atoms with Gasteiger partial charge >= 0.3 is 6.03 Å². The molecule has 4 N–H and O–H groups in total. The van der Waals surface area contributed by atoms with Crippen LogP contribution < -0.4 is 16.4 Å². The maximum Gasteiger partial charge on any atom is 0.312 e. The highest BCUT2D eigenvalue weighted by atomic mass is 16.2. The summed E-state index contributed by atoms with van der Waals surface area (Å²) in [4.78, 5) is 26.5. The number of rotatable bonds is 5. The van der Waals surface area contributed by atoms with E-state index in [2.05, 4.69) is 36.4 Å². The number of carbonyl (C=O) groups excluding carboxylic acids is 2. The number of aromatic nitrogens is 1. The van der Waals surface area contributed by atoms with E-state index >= 15 is 0 Å². The first-order valence-corrected chi connectivity index (χ1v) is 6.50. The molecule has 1 aromatic heterocycles. The van der Waals surface area contributed by atoms with E-state index in [0.29, 0.717) is 0 Å². The van der Waals surface area contributed by atoms with Gasteiger partial charge in [0.1, 0.15) is 0 Å². The van der Waals surface area contributed by atoms with E-state index in [1.165, 1.54) is 0 Å². The first kappa shape index (κ1) is 15.9. The number of primary amides is 1. The van der Waals surface area contributed by atoms with Crippen molar-refractivity contribution < 1.29 is 9.59 Å². The molecule has 0 radical (unpaired) electrons. The smallest absolute Gasteiger partial charge is 0.312 e. The summed E-state index contributed by atoms with van der Waals surface area (Å²) in [6.45, 7) is 6.18. The molecule has 0 bridgehead atoms. The number of amides is 3. The fourth-order valence-electron chi connectivity index (χ4n) is 1.86. The summed E-state index contributed by atoms with van der Waals surface area (Å²) < 4.78 is 0. The van der Waals surface area contributed by atoms with Gasteiger partial charge in [0.15, 0.2) is 0 Å². The van der Waals surface area contributed by atoms with Gasteiger partial charge in [-0.3, -0.25) is 9.78 Å². The molecule has 0 aromatic carbocycles. The summed E-state index contributed by atoms with van der Waals surface area (Å²) in [6.07, 6.45) is 4.19. The summed E-state index contributed by atoms with van der Waals surface area (Å²) in [5.74, 6) is -0.276. The Morgan fingerprint density at radius 2 is 2.10 bits per heavy atom. The third-order valence-corrected chi connectivity index (χ3v) is 2.66. The molecule has 20 heavy (non-hydrogen) atoms. The van der Waals surface area contributed by atoms with Crippen molar-refractivity contribution in [2.45, 2.75) is 33.2 Å². The predicted molar refractivity (Wildman–Crippen MR) is 76.8 cm³/mol. The van der Waals surface area contributed by atoms with Gasteiger partial charge in [0, 0.05) is 12.4 Å². The lowest BCUT2D eigenvalue weighted by molar-refractivity contribution is -0.121. The molecule has 1 aromatic rings. The number of nitrogens with zero attached hydrogens (tertiary/aromatic N) is 1. The van der Waals surface area contributed by atoms with E-state index in [1.807, 2.05) is 12.1 Å². The number of nitrogens with one attached hydrogen (secondary N) is 2. The highest BCUT2D eigenvalue weighted by Gasteiger charge is 2.22. The molecule has 1 heterocycles. The quantitative estimate of drug-likeness (QED) is 0.758. The minimum Gasteiger partial charge on any atom is -0.352 e. The van der Waals surface area contributed by atoms with Crippen LogP contribution in [0.15, 0.2) is 24.5 Å². The van der Waals surface area contributed by atoms with Crippen molar-refractivity contribution in [3.8, 4) is 0 Å². The SMILES string of the molecule is CC(C)(C)C[C@H](NC(=O)CNC(N)=O)c1cccnc1. The topological polar surface area (TPSA) is 97.1 Å². The maximum atomic E-state index is 11.8. The summed E-state index contributed by atoms with van der Waals surface area (Å²) in [6, 6.07) is 2.89. The molecule has 0 aliphatic rings. The lowest BCUT2D eigenvalue weighted by Gasteiger charge is -2.27. The second-order valence-corrected chi connectivity index (χ2v) is 5.89. The molecule has 6 heteroatoms. The van der Waals surface area contributed by atoms with Gasteiger partial charge < -0.3 is 16.4 Å². The Bertz CT molecular complexity index is 454. The van der Waals surface area contributed by atoms with Crippen molar-refractivity contribution >= 4 is 11.9 Å². The highest BCUT2D eigenvalue weighted by molar-refractivity contribution is 5.83. The Labute approximate surface area is 119 Å². The predicted octanol–water partition coefficient (Wildman–Crippen LogP) is 1.34. The monoisotopic (exact) mass is 278 g/mol. The first-order valence-electron chi connectivity index (χ1n) is 6.50. The molecule has 1 atom stereocenters. The van der Waals surface area contributed by atoms with Crippen LogP contribution in [0.5, 0.6) is 0 Å². The number of urea groups is 1. The molecule has 3 amide bonds. The van der Waals surface area contributed by atoms with Gasteiger partial charge in [0.25, 0.3) is 0 Å². The Hall–Kier alpha value is -2.11. The lowest BCUT2D eigenvalue weighted by Crippen LogP contribution is -2.41. The van der Waals surface area contributed by atoms with Crippen molar-refractivity contribution in [3.05, 3.63) is 30.1 Å². The average molecular weight is 278 g/mol. The largest absolute Gasteiger partial charge is 0.352 e. The van der Waals surface area contributed by atoms with E-state index in [9.17, 15) is 9.59 Å². The zero-order valence-electron chi connectivity index (χ0n) is 12.1. The van der Waals surface area contributed by atoms with Crippen molar-refractivity contribution in [2.24, 2.45) is 11.1 Å². The van der Waals surface area contributed by atoms with Crippen LogP contribution >= 0.6 is 0 Å². The molecular weight excluding hydrogens is 256 g/mol. The van der Waals surface area contributed by atoms with E-state index in [0.717, 1.165) is 12.0 Å². The summed E-state index contributed by atoms with van der Waals surface area (Å²) in [5.41, 5.74) is 5.93. The van der Waals surface area contributed by atoms with Crippen LogP contribution in [0.2, 0.25) is 0 Å². The van der Waals surface area contributed by atoms with Gasteiger partial charge in [-0.05, 0) is 23.5 Å². The molecule has 0 aliphatic heterocycles. The van der Waals surface area contributed by atoms with Crippen LogP contribution in [0.25, 0.3) is 0 Å². The van der Waals surface area contributed by atoms with Gasteiger partial charge in [0.05, 0.1) is 12.6 Å². The minimum absolute atomic E-state index is 0.0465. The van der Waals surface area contributed by atoms with Gasteiger partial charge in [-0.2, -0.15) is 0 Å². The van der Waals surface area contributed by atoms with Crippen LogP contribution in [-0.4, -0.2) is 23.5 Å². The number of carbonyl (C=O) groups is 2. The van der Waals surface area contributed by atoms with E-state index < -0.39 is 6.03 Å². The molecule has 6 nitrogen and oxygen atoms in total. The van der Waals surface area contributed by atoms with Crippen molar-refractivity contribution in [3.63, 3.8) is 0 Å². The van der Waals surface area contributed by atoms with Gasteiger partial charge in [0.2, 0.25) is 5.91 Å². The second-order valence-electron chi connectivity index (χ2n) is 5.89. The van der Waals surface area contributed by atoms with Crippen molar-refractivity contribution in [2.75, 3.05) is 6.54 Å². The van der Waals surface area contributed by atoms with Crippen molar-refractivity contribution in [1.82, 2.24) is 15.6 Å². The minimum atomic E-state index is -0.714. The van der Waals surface area contributed by atoms with E-state index in [1.54, 1.807) is 12.4 Å². The highest BCUT2D eigenvalue weighted by Crippen LogP contribution is 2.28. The Balaban J connectivity index is 2.73. The summed E-state index contributed by atoms with van der Waals surface area (Å²) in [7, 11) is 0. The Morgan fingerprint density at radius 1 is 1.40 bits per heavy atom. The van der Waals surface area contributed by atoms with Crippen LogP contribution in [0, 0.1) is 5.41 Å². The Kier molecular flexibility index (Phi) is 5.49. The first-order chi connectivity index (χ1) is 9.28. The fraction of sp³-hybridized carbons (Fsp3) is 0.500. The third kappa shape index (κ3) is 6.17. The fourth-order valence-corrected chi connectivity index (χ4v) is 1.86. The average Bonchev–Trinajstić information content (AvgIpc) is 2.35. The van der Waals surface area contributed by atoms with E-state index in [-0.39, 0.29) is 23.9 Å². The van der Waals surface area contributed by atoms with Gasteiger partial charge in [-0.25, -0.2) is 4.79 Å². The molecule has 110 valence electrons. The molecule has 0 saturated carbocycles. The van der Waals surface area contributed by atoms with Crippen molar-refractivity contribution in [1.29, 1.82) is 0 Å². The molecule has 0 saturated heterocycles. The van der Waals surface area contributed by atoms with Gasteiger partial charge in [-0.1, -0.05) is 26.8 Å². The van der Waals surface area contributed by atoms with Crippen LogP contribution in [0.3, 0.4) is 0 Å². The summed E-state index contributed by atoms with van der Waals surface area (Å²) in [5, 5.41) is 5.17. The third-order valence-electron chi connectivity index (χ3n) is 2.66. The zero-order valence-corrected chi connectivity index (χ0v) is 12.1. The molecule has 1 rings (SSSR count). The molecule has 0 spiro atoms. The lowest BCUT2D eigenvalue weighted by atomic mass is 9.86. The Morgan fingerprint density at radius 3 is 2.60 bits per heavy atom. The summed E-state index contributed by atoms with van der Waals surface area (Å²) >= 11 is 0. The molecule has 0 aliphatic carbocycles. The standard InChI is InChI=1S/C14H22N4O2/c1-14(2,3)7-11(10-5-4-6-16-8-10)18-12(19)9-17-13(15)20/h4-6,8,11H,7,9H2,1-3H3,(H,18,19)(H3,15,17,20)/t11-/m0/s1. The number of hydrogen-bond donors (Lipinski definition) is 3. The normalized spacial score (nSPS) is 12.6. The second kappa shape index (κ2) is 6.88. The zero-order chi connectivity index (χ0) is 15.2. The molecule has 0 fully saturated rings. The maximum absolute atomic E-state index is 11.8. The number of nitrogens with two attached hydrogens (primary N) is 1. The number of hydrogen-bond acceptors (Lipinski definition) is 3. The van der Waals surface area contributed by atoms with E-state index in [4.69, 9.17) is 5.73 Å². The van der Waals surface area contributed by atoms with Crippen LogP contribution in [0.1, 0.15) is 38.8 Å².